The molecule has 0 aliphatic carbocycles. The summed E-state index contributed by atoms with van der Waals surface area (Å²) >= 11 is 1.68. The van der Waals surface area contributed by atoms with E-state index in [0.717, 1.165) is 48.0 Å². The summed E-state index contributed by atoms with van der Waals surface area (Å²) in [5.74, 6) is 0. The van der Waals surface area contributed by atoms with Crippen LogP contribution in [0.25, 0.3) is 16.2 Å². The smallest absolute Gasteiger partial charge is 0.410 e. The minimum absolute atomic E-state index is 0.209. The van der Waals surface area contributed by atoms with Gasteiger partial charge in [-0.25, -0.2) is 9.78 Å². The third-order valence-electron chi connectivity index (χ3n) is 5.46. The van der Waals surface area contributed by atoms with E-state index in [-0.39, 0.29) is 6.09 Å². The number of thiazole rings is 1. The number of hydrogen-bond donors (Lipinski definition) is 1. The van der Waals surface area contributed by atoms with Gasteiger partial charge in [-0.1, -0.05) is 18.2 Å². The zero-order valence-electron chi connectivity index (χ0n) is 18.7. The van der Waals surface area contributed by atoms with Crippen molar-refractivity contribution >= 4 is 28.1 Å². The molecule has 1 aromatic carbocycles. The van der Waals surface area contributed by atoms with E-state index in [9.17, 15) is 4.79 Å². The predicted molar refractivity (Wildman–Crippen MR) is 126 cm³/mol. The molecule has 7 nitrogen and oxygen atoms in total. The van der Waals surface area contributed by atoms with E-state index < -0.39 is 5.60 Å². The zero-order chi connectivity index (χ0) is 22.0. The number of nitrogens with zero attached hydrogens (tertiary/aromatic N) is 4. The van der Waals surface area contributed by atoms with Crippen LogP contribution in [0.1, 0.15) is 26.5 Å². The molecular formula is C23H31N5O2S. The van der Waals surface area contributed by atoms with E-state index in [2.05, 4.69) is 38.3 Å². The molecule has 1 N–H and O–H groups in total. The highest BCUT2D eigenvalue weighted by atomic mass is 32.1. The standard InChI is InChI=1S/C23H31N5O2S/c1-23(2,3)30-22(29)27-13-11-26(12-14-27)10-9-17-16-31-21-25-20(15-28(17)21)18-7-5-6-8-19(18)24-4/h5-8,15-16,24H,9-14H2,1-4H3. The zero-order valence-corrected chi connectivity index (χ0v) is 19.5. The lowest BCUT2D eigenvalue weighted by atomic mass is 10.1. The molecule has 0 bridgehead atoms. The average molecular weight is 442 g/mol. The maximum absolute atomic E-state index is 12.2. The van der Waals surface area contributed by atoms with Crippen molar-refractivity contribution in [1.82, 2.24) is 19.2 Å². The van der Waals surface area contributed by atoms with E-state index in [1.165, 1.54) is 5.69 Å². The topological polar surface area (TPSA) is 62.1 Å². The van der Waals surface area contributed by atoms with Crippen LogP contribution in [0.4, 0.5) is 10.5 Å². The van der Waals surface area contributed by atoms with E-state index in [4.69, 9.17) is 9.72 Å². The molecule has 1 saturated heterocycles. The number of fused-ring (bicyclic) bond motifs is 1. The number of nitrogens with one attached hydrogen (secondary N) is 1. The highest BCUT2D eigenvalue weighted by Gasteiger charge is 2.25. The quantitative estimate of drug-likeness (QED) is 0.643. The molecule has 166 valence electrons. The van der Waals surface area contributed by atoms with Crippen LogP contribution in [0.5, 0.6) is 0 Å². The fraction of sp³-hybridized carbons (Fsp3) is 0.478. The SMILES string of the molecule is CNc1ccccc1-c1cn2c(CCN3CCN(C(=O)OC(C)(C)C)CC3)csc2n1. The fourth-order valence-corrected chi connectivity index (χ4v) is 4.72. The van der Waals surface area contributed by atoms with Crippen molar-refractivity contribution in [1.29, 1.82) is 0 Å². The third-order valence-corrected chi connectivity index (χ3v) is 6.35. The van der Waals surface area contributed by atoms with Gasteiger partial charge in [-0.3, -0.25) is 9.30 Å². The second-order valence-corrected chi connectivity index (χ2v) is 9.70. The van der Waals surface area contributed by atoms with Gasteiger partial charge in [-0.15, -0.1) is 11.3 Å². The van der Waals surface area contributed by atoms with E-state index in [1.54, 1.807) is 11.3 Å². The maximum Gasteiger partial charge on any atom is 0.410 e. The van der Waals surface area contributed by atoms with Crippen molar-refractivity contribution in [3.05, 3.63) is 41.5 Å². The van der Waals surface area contributed by atoms with Crippen LogP contribution in [0.3, 0.4) is 0 Å². The Balaban J connectivity index is 1.36. The van der Waals surface area contributed by atoms with Gasteiger partial charge in [-0.2, -0.15) is 0 Å². The van der Waals surface area contributed by atoms with Gasteiger partial charge in [0.05, 0.1) is 5.69 Å². The Labute approximate surface area is 187 Å². The van der Waals surface area contributed by atoms with Crippen LogP contribution in [-0.4, -0.2) is 70.7 Å². The molecule has 1 amide bonds. The van der Waals surface area contributed by atoms with Gasteiger partial charge in [0.15, 0.2) is 4.96 Å². The van der Waals surface area contributed by atoms with Crippen molar-refractivity contribution in [2.24, 2.45) is 0 Å². The second-order valence-electron chi connectivity index (χ2n) is 8.86. The van der Waals surface area contributed by atoms with E-state index in [1.807, 2.05) is 44.9 Å². The van der Waals surface area contributed by atoms with Crippen molar-refractivity contribution in [2.75, 3.05) is 45.1 Å². The van der Waals surface area contributed by atoms with Crippen molar-refractivity contribution in [3.63, 3.8) is 0 Å². The largest absolute Gasteiger partial charge is 0.444 e. The van der Waals surface area contributed by atoms with Crippen LogP contribution < -0.4 is 5.32 Å². The first kappa shape index (κ1) is 21.6. The number of para-hydroxylation sites is 1. The average Bonchev–Trinajstić information content (AvgIpc) is 3.32. The normalized spacial score (nSPS) is 15.4. The Morgan fingerprint density at radius 1 is 1.19 bits per heavy atom. The molecule has 1 fully saturated rings. The minimum Gasteiger partial charge on any atom is -0.444 e. The molecule has 2 aromatic heterocycles. The summed E-state index contributed by atoms with van der Waals surface area (Å²) in [7, 11) is 1.94. The van der Waals surface area contributed by atoms with Crippen LogP contribution in [0, 0.1) is 0 Å². The molecule has 1 aliphatic heterocycles. The van der Waals surface area contributed by atoms with Gasteiger partial charge in [-0.05, 0) is 26.8 Å². The van der Waals surface area contributed by atoms with Gasteiger partial charge in [0.2, 0.25) is 0 Å². The predicted octanol–water partition coefficient (Wildman–Crippen LogP) is 4.20. The summed E-state index contributed by atoms with van der Waals surface area (Å²) in [5.41, 5.74) is 4.01. The lowest BCUT2D eigenvalue weighted by Gasteiger charge is -2.35. The molecule has 0 saturated carbocycles. The summed E-state index contributed by atoms with van der Waals surface area (Å²) < 4.78 is 7.70. The number of carbonyl (C=O) groups is 1. The molecular weight excluding hydrogens is 410 g/mol. The lowest BCUT2D eigenvalue weighted by molar-refractivity contribution is 0.0146. The number of benzene rings is 1. The fourth-order valence-electron chi connectivity index (χ4n) is 3.82. The third kappa shape index (κ3) is 5.02. The number of hydrogen-bond acceptors (Lipinski definition) is 6. The van der Waals surface area contributed by atoms with Gasteiger partial charge in [0, 0.05) is 74.7 Å². The van der Waals surface area contributed by atoms with Gasteiger partial charge >= 0.3 is 6.09 Å². The van der Waals surface area contributed by atoms with E-state index in [0.29, 0.717) is 13.1 Å². The highest BCUT2D eigenvalue weighted by Crippen LogP contribution is 2.29. The van der Waals surface area contributed by atoms with Crippen LogP contribution in [0.15, 0.2) is 35.8 Å². The number of aromatic nitrogens is 2. The number of imidazole rings is 1. The van der Waals surface area contributed by atoms with Crippen molar-refractivity contribution in [2.45, 2.75) is 32.8 Å². The van der Waals surface area contributed by atoms with Crippen LogP contribution in [0.2, 0.25) is 0 Å². The molecule has 0 atom stereocenters. The Morgan fingerprint density at radius 2 is 1.94 bits per heavy atom. The lowest BCUT2D eigenvalue weighted by Crippen LogP contribution is -2.50. The minimum atomic E-state index is -0.449. The molecule has 1 aliphatic rings. The maximum atomic E-state index is 12.2. The molecule has 31 heavy (non-hydrogen) atoms. The second kappa shape index (κ2) is 8.88. The molecule has 3 aromatic rings. The van der Waals surface area contributed by atoms with E-state index >= 15 is 0 Å². The Kier molecular flexibility index (Phi) is 6.20. The monoisotopic (exact) mass is 441 g/mol. The molecule has 0 unspecified atom stereocenters. The van der Waals surface area contributed by atoms with Crippen LogP contribution >= 0.6 is 11.3 Å². The molecule has 8 heteroatoms. The Bertz CT molecular complexity index is 1040. The molecule has 0 spiro atoms. The number of ether oxygens (including phenoxy) is 1. The van der Waals surface area contributed by atoms with Crippen molar-refractivity contribution < 1.29 is 9.53 Å². The number of amides is 1. The van der Waals surface area contributed by atoms with Crippen LogP contribution in [-0.2, 0) is 11.2 Å². The number of anilines is 1. The number of rotatable bonds is 5. The number of carbonyl (C=O) groups excluding carboxylic acids is 1. The van der Waals surface area contributed by atoms with Gasteiger partial charge in [0.25, 0.3) is 0 Å². The first-order chi connectivity index (χ1) is 14.8. The summed E-state index contributed by atoms with van der Waals surface area (Å²) in [6, 6.07) is 8.24. The summed E-state index contributed by atoms with van der Waals surface area (Å²) in [6.07, 6.45) is 2.88. The molecule has 4 rings (SSSR count). The Morgan fingerprint density at radius 3 is 2.65 bits per heavy atom. The highest BCUT2D eigenvalue weighted by molar-refractivity contribution is 7.15. The Hall–Kier alpha value is -2.58. The first-order valence-electron chi connectivity index (χ1n) is 10.8. The summed E-state index contributed by atoms with van der Waals surface area (Å²) in [5, 5.41) is 5.45. The molecule has 0 radical (unpaired) electrons. The summed E-state index contributed by atoms with van der Waals surface area (Å²) in [4.78, 5) is 22.3. The number of piperazine rings is 1. The molecule has 3 heterocycles. The summed E-state index contributed by atoms with van der Waals surface area (Å²) in [6.45, 7) is 9.85. The van der Waals surface area contributed by atoms with Crippen molar-refractivity contribution in [3.8, 4) is 11.3 Å². The van der Waals surface area contributed by atoms with Gasteiger partial charge < -0.3 is 15.0 Å². The first-order valence-corrected chi connectivity index (χ1v) is 11.6. The van der Waals surface area contributed by atoms with Gasteiger partial charge in [0.1, 0.15) is 5.60 Å².